The van der Waals surface area contributed by atoms with Crippen LogP contribution in [0.3, 0.4) is 0 Å². The molecule has 0 saturated carbocycles. The average Bonchev–Trinajstić information content (AvgIpc) is 2.07. The summed E-state index contributed by atoms with van der Waals surface area (Å²) in [5, 5.41) is 10.8. The highest BCUT2D eigenvalue weighted by molar-refractivity contribution is 14.1. The van der Waals surface area contributed by atoms with Crippen molar-refractivity contribution in [3.05, 3.63) is 37.4 Å². The first-order chi connectivity index (χ1) is 6.50. The summed E-state index contributed by atoms with van der Waals surface area (Å²) in [6.45, 7) is 4.11. The normalized spacial score (nSPS) is 10.6. The summed E-state index contributed by atoms with van der Waals surface area (Å²) in [5.41, 5.74) is 1.07. The maximum Gasteiger partial charge on any atom is 0.273 e. The van der Waals surface area contributed by atoms with E-state index in [0.717, 1.165) is 15.6 Å². The van der Waals surface area contributed by atoms with Crippen molar-refractivity contribution in [3.8, 4) is 0 Å². The first-order valence-electron chi connectivity index (χ1n) is 4.43. The van der Waals surface area contributed by atoms with Gasteiger partial charge in [0.2, 0.25) is 0 Å². The predicted octanol–water partition coefficient (Wildman–Crippen LogP) is 3.40. The molecule has 0 atom stereocenters. The monoisotopic (exact) mass is 305 g/mol. The van der Waals surface area contributed by atoms with Gasteiger partial charge >= 0.3 is 0 Å². The molecule has 0 radical (unpaired) electrons. The maximum absolute atomic E-state index is 10.8. The summed E-state index contributed by atoms with van der Waals surface area (Å²) in [4.78, 5) is 10.5. The predicted molar refractivity (Wildman–Crippen MR) is 64.4 cm³/mol. The quantitative estimate of drug-likeness (QED) is 0.488. The molecule has 3 nitrogen and oxygen atoms in total. The maximum atomic E-state index is 10.8. The molecule has 14 heavy (non-hydrogen) atoms. The van der Waals surface area contributed by atoms with Gasteiger partial charge in [-0.2, -0.15) is 0 Å². The van der Waals surface area contributed by atoms with Gasteiger partial charge in [0.25, 0.3) is 5.69 Å². The second-order valence-corrected chi connectivity index (χ2v) is 4.87. The van der Waals surface area contributed by atoms with Crippen LogP contribution in [0.5, 0.6) is 0 Å². The SMILES string of the molecule is CC(C)Cc1ccc(I)cc1[N+](=O)[O-]. The van der Waals surface area contributed by atoms with Crippen molar-refractivity contribution < 1.29 is 4.92 Å². The van der Waals surface area contributed by atoms with E-state index in [1.807, 2.05) is 12.1 Å². The Labute approximate surface area is 96.8 Å². The molecule has 0 aliphatic heterocycles. The van der Waals surface area contributed by atoms with Gasteiger partial charge in [-0.1, -0.05) is 19.9 Å². The summed E-state index contributed by atoms with van der Waals surface area (Å²) in [5.74, 6) is 0.439. The zero-order chi connectivity index (χ0) is 10.7. The largest absolute Gasteiger partial charge is 0.273 e. The fourth-order valence-corrected chi connectivity index (χ4v) is 1.79. The number of nitro groups is 1. The number of benzene rings is 1. The van der Waals surface area contributed by atoms with E-state index in [1.165, 1.54) is 0 Å². The molecule has 0 aliphatic rings. The molecule has 0 aliphatic carbocycles. The lowest BCUT2D eigenvalue weighted by molar-refractivity contribution is -0.385. The summed E-state index contributed by atoms with van der Waals surface area (Å²) < 4.78 is 0.904. The lowest BCUT2D eigenvalue weighted by Gasteiger charge is -2.05. The van der Waals surface area contributed by atoms with Crippen LogP contribution < -0.4 is 0 Å². The molecule has 0 aromatic heterocycles. The third-order valence-electron chi connectivity index (χ3n) is 1.87. The first-order valence-corrected chi connectivity index (χ1v) is 5.51. The van der Waals surface area contributed by atoms with Gasteiger partial charge < -0.3 is 0 Å². The van der Waals surface area contributed by atoms with Crippen LogP contribution in [0.15, 0.2) is 18.2 Å². The third kappa shape index (κ3) is 2.94. The Hall–Kier alpha value is -0.650. The van der Waals surface area contributed by atoms with E-state index < -0.39 is 0 Å². The van der Waals surface area contributed by atoms with Gasteiger partial charge in [0.15, 0.2) is 0 Å². The average molecular weight is 305 g/mol. The van der Waals surface area contributed by atoms with Crippen molar-refractivity contribution in [3.63, 3.8) is 0 Å². The lowest BCUT2D eigenvalue weighted by Crippen LogP contribution is -2.00. The molecule has 76 valence electrons. The fraction of sp³-hybridized carbons (Fsp3) is 0.400. The van der Waals surface area contributed by atoms with Gasteiger partial charge in [0.05, 0.1) is 4.92 Å². The minimum Gasteiger partial charge on any atom is -0.258 e. The van der Waals surface area contributed by atoms with Crippen LogP contribution in [0.1, 0.15) is 19.4 Å². The molecule has 0 amide bonds. The Balaban J connectivity index is 3.08. The molecule has 0 bridgehead atoms. The van der Waals surface area contributed by atoms with Crippen LogP contribution in [-0.4, -0.2) is 4.92 Å². The second-order valence-electron chi connectivity index (χ2n) is 3.63. The zero-order valence-corrected chi connectivity index (χ0v) is 10.3. The molecular weight excluding hydrogens is 293 g/mol. The molecular formula is C10H12INO2. The summed E-state index contributed by atoms with van der Waals surface area (Å²) in [6, 6.07) is 5.38. The van der Waals surface area contributed by atoms with Crippen molar-refractivity contribution in [2.75, 3.05) is 0 Å². The molecule has 0 saturated heterocycles. The Morgan fingerprint density at radius 3 is 2.64 bits per heavy atom. The third-order valence-corrected chi connectivity index (χ3v) is 2.54. The molecule has 0 fully saturated rings. The highest BCUT2D eigenvalue weighted by Crippen LogP contribution is 2.23. The number of nitro benzene ring substituents is 1. The number of halogens is 1. The molecule has 4 heteroatoms. The van der Waals surface area contributed by atoms with Crippen LogP contribution in [0.4, 0.5) is 5.69 Å². The molecule has 0 heterocycles. The van der Waals surface area contributed by atoms with Crippen molar-refractivity contribution in [1.29, 1.82) is 0 Å². The summed E-state index contributed by atoms with van der Waals surface area (Å²) >= 11 is 2.08. The van der Waals surface area contributed by atoms with Crippen LogP contribution in [0.25, 0.3) is 0 Å². The number of hydrogen-bond donors (Lipinski definition) is 0. The van der Waals surface area contributed by atoms with Gasteiger partial charge in [-0.25, -0.2) is 0 Å². The van der Waals surface area contributed by atoms with Crippen LogP contribution in [0.2, 0.25) is 0 Å². The number of rotatable bonds is 3. The fourth-order valence-electron chi connectivity index (χ4n) is 1.32. The summed E-state index contributed by atoms with van der Waals surface area (Å²) in [7, 11) is 0. The standard InChI is InChI=1S/C10H12INO2/c1-7(2)5-8-3-4-9(11)6-10(8)12(13)14/h3-4,6-7H,5H2,1-2H3. The van der Waals surface area contributed by atoms with Gasteiger partial charge in [-0.05, 0) is 41.0 Å². The van der Waals surface area contributed by atoms with E-state index in [2.05, 4.69) is 36.4 Å². The zero-order valence-electron chi connectivity index (χ0n) is 8.16. The molecule has 1 aromatic carbocycles. The first kappa shape index (κ1) is 11.4. The Kier molecular flexibility index (Phi) is 3.86. The molecule has 1 aromatic rings. The van der Waals surface area contributed by atoms with E-state index in [1.54, 1.807) is 6.07 Å². The van der Waals surface area contributed by atoms with E-state index in [-0.39, 0.29) is 10.6 Å². The molecule has 0 unspecified atom stereocenters. The highest BCUT2D eigenvalue weighted by Gasteiger charge is 2.14. The van der Waals surface area contributed by atoms with Gasteiger partial charge in [0.1, 0.15) is 0 Å². The number of nitrogens with zero attached hydrogens (tertiary/aromatic N) is 1. The van der Waals surface area contributed by atoms with Crippen molar-refractivity contribution >= 4 is 28.3 Å². The van der Waals surface area contributed by atoms with E-state index in [4.69, 9.17) is 0 Å². The lowest BCUT2D eigenvalue weighted by atomic mass is 10.0. The van der Waals surface area contributed by atoms with Crippen molar-refractivity contribution in [1.82, 2.24) is 0 Å². The van der Waals surface area contributed by atoms with Crippen molar-refractivity contribution in [2.24, 2.45) is 5.92 Å². The minimum absolute atomic E-state index is 0.241. The second kappa shape index (κ2) is 4.72. The van der Waals surface area contributed by atoms with E-state index in [0.29, 0.717) is 5.92 Å². The highest BCUT2D eigenvalue weighted by atomic mass is 127. The Morgan fingerprint density at radius 2 is 2.14 bits per heavy atom. The topological polar surface area (TPSA) is 43.1 Å². The minimum atomic E-state index is -0.306. The van der Waals surface area contributed by atoms with E-state index >= 15 is 0 Å². The Morgan fingerprint density at radius 1 is 1.50 bits per heavy atom. The van der Waals surface area contributed by atoms with Gasteiger partial charge in [-0.3, -0.25) is 10.1 Å². The Bertz CT molecular complexity index is 350. The van der Waals surface area contributed by atoms with Crippen LogP contribution in [0, 0.1) is 19.6 Å². The molecule has 1 rings (SSSR count). The number of hydrogen-bond acceptors (Lipinski definition) is 2. The van der Waals surface area contributed by atoms with Gasteiger partial charge in [0, 0.05) is 15.2 Å². The van der Waals surface area contributed by atoms with Crippen molar-refractivity contribution in [2.45, 2.75) is 20.3 Å². The summed E-state index contributed by atoms with van der Waals surface area (Å²) in [6.07, 6.45) is 0.757. The van der Waals surface area contributed by atoms with Crippen LogP contribution in [-0.2, 0) is 6.42 Å². The molecule has 0 N–H and O–H groups in total. The van der Waals surface area contributed by atoms with Crippen LogP contribution >= 0.6 is 22.6 Å². The van der Waals surface area contributed by atoms with Gasteiger partial charge in [-0.15, -0.1) is 0 Å². The smallest absolute Gasteiger partial charge is 0.258 e. The molecule has 0 spiro atoms. The van der Waals surface area contributed by atoms with E-state index in [9.17, 15) is 10.1 Å².